The fraction of sp³-hybridized carbons (Fsp3) is 0.583. The van der Waals surface area contributed by atoms with E-state index in [4.69, 9.17) is 4.74 Å². The van der Waals surface area contributed by atoms with E-state index < -0.39 is 11.4 Å². The molecule has 2 heterocycles. The van der Waals surface area contributed by atoms with E-state index in [2.05, 4.69) is 0 Å². The second kappa shape index (κ2) is 4.40. The highest BCUT2D eigenvalue weighted by Crippen LogP contribution is 2.46. The van der Waals surface area contributed by atoms with Gasteiger partial charge in [-0.2, -0.15) is 0 Å². The molecular formula is C12H17NO3S. The molecule has 1 aliphatic heterocycles. The molecule has 1 aliphatic rings. The zero-order chi connectivity index (χ0) is 12.6. The predicted octanol–water partition coefficient (Wildman–Crippen LogP) is 1.76. The van der Waals surface area contributed by atoms with Gasteiger partial charge in [0.1, 0.15) is 5.41 Å². The largest absolute Gasteiger partial charge is 0.481 e. The molecule has 5 heteroatoms. The first-order chi connectivity index (χ1) is 7.99. The maximum absolute atomic E-state index is 11.6. The van der Waals surface area contributed by atoms with E-state index >= 15 is 0 Å². The number of nitrogens with zero attached hydrogens (tertiary/aromatic N) is 1. The lowest BCUT2D eigenvalue weighted by atomic mass is 9.76. The molecule has 1 N–H and O–H groups in total. The van der Waals surface area contributed by atoms with Gasteiger partial charge < -0.3 is 14.7 Å². The van der Waals surface area contributed by atoms with E-state index in [1.807, 2.05) is 37.4 Å². The highest BCUT2D eigenvalue weighted by molar-refractivity contribution is 7.10. The van der Waals surface area contributed by atoms with Gasteiger partial charge in [0.25, 0.3) is 0 Å². The van der Waals surface area contributed by atoms with Gasteiger partial charge in [0, 0.05) is 4.88 Å². The van der Waals surface area contributed by atoms with Crippen LogP contribution in [-0.2, 0) is 9.53 Å². The lowest BCUT2D eigenvalue weighted by molar-refractivity contribution is -0.193. The summed E-state index contributed by atoms with van der Waals surface area (Å²) in [6, 6.07) is 1.92. The van der Waals surface area contributed by atoms with Crippen molar-refractivity contribution in [1.82, 2.24) is 4.90 Å². The summed E-state index contributed by atoms with van der Waals surface area (Å²) < 4.78 is 5.17. The van der Waals surface area contributed by atoms with Crippen molar-refractivity contribution >= 4 is 17.3 Å². The number of hydrogen-bond donors (Lipinski definition) is 1. The van der Waals surface area contributed by atoms with Gasteiger partial charge in [0.15, 0.2) is 0 Å². The lowest BCUT2D eigenvalue weighted by Gasteiger charge is -2.46. The lowest BCUT2D eigenvalue weighted by Crippen LogP contribution is -2.56. The maximum Gasteiger partial charge on any atom is 0.316 e. The first-order valence-corrected chi connectivity index (χ1v) is 6.38. The Labute approximate surface area is 105 Å². The average Bonchev–Trinajstić information content (AvgIpc) is 2.56. The number of carboxylic acids is 1. The summed E-state index contributed by atoms with van der Waals surface area (Å²) in [5, 5.41) is 11.5. The Bertz CT molecular complexity index is 423. The fourth-order valence-electron chi connectivity index (χ4n) is 2.36. The minimum Gasteiger partial charge on any atom is -0.481 e. The number of thiophene rings is 1. The van der Waals surface area contributed by atoms with Gasteiger partial charge in [-0.25, -0.2) is 0 Å². The quantitative estimate of drug-likeness (QED) is 0.890. The Kier molecular flexibility index (Phi) is 3.25. The van der Waals surface area contributed by atoms with Gasteiger partial charge in [-0.3, -0.25) is 4.79 Å². The smallest absolute Gasteiger partial charge is 0.316 e. The van der Waals surface area contributed by atoms with E-state index in [0.717, 1.165) is 10.4 Å². The number of aryl methyl sites for hydroxylation is 1. The molecule has 1 fully saturated rings. The summed E-state index contributed by atoms with van der Waals surface area (Å²) in [5.74, 6) is -0.768. The molecular weight excluding hydrogens is 238 g/mol. The SMILES string of the molecule is Cc1ccsc1C(N(C)C)C1(C(=O)O)COC1. The van der Waals surface area contributed by atoms with Crippen molar-refractivity contribution < 1.29 is 14.6 Å². The topological polar surface area (TPSA) is 49.8 Å². The van der Waals surface area contributed by atoms with Gasteiger partial charge >= 0.3 is 5.97 Å². The molecule has 1 atom stereocenters. The van der Waals surface area contributed by atoms with E-state index in [1.165, 1.54) is 0 Å². The molecule has 94 valence electrons. The van der Waals surface area contributed by atoms with Crippen LogP contribution in [0.1, 0.15) is 16.5 Å². The monoisotopic (exact) mass is 255 g/mol. The number of carboxylic acid groups (broad SMARTS) is 1. The zero-order valence-corrected chi connectivity index (χ0v) is 11.1. The van der Waals surface area contributed by atoms with Gasteiger partial charge in [-0.05, 0) is 38.0 Å². The van der Waals surface area contributed by atoms with Crippen LogP contribution in [0, 0.1) is 12.3 Å². The first kappa shape index (κ1) is 12.5. The van der Waals surface area contributed by atoms with Crippen LogP contribution >= 0.6 is 11.3 Å². The highest BCUT2D eigenvalue weighted by atomic mass is 32.1. The molecule has 0 aliphatic carbocycles. The second-order valence-corrected chi connectivity index (χ2v) is 5.74. The molecule has 0 spiro atoms. The molecule has 1 unspecified atom stereocenters. The number of carbonyl (C=O) groups is 1. The molecule has 1 aromatic heterocycles. The highest BCUT2D eigenvalue weighted by Gasteiger charge is 2.54. The van der Waals surface area contributed by atoms with Crippen molar-refractivity contribution in [3.63, 3.8) is 0 Å². The molecule has 0 aromatic carbocycles. The number of ether oxygens (including phenoxy) is 1. The number of rotatable bonds is 4. The molecule has 0 saturated carbocycles. The Balaban J connectivity index is 2.42. The third-order valence-corrected chi connectivity index (χ3v) is 4.41. The summed E-state index contributed by atoms with van der Waals surface area (Å²) >= 11 is 1.62. The van der Waals surface area contributed by atoms with Crippen molar-refractivity contribution in [3.8, 4) is 0 Å². The minimum absolute atomic E-state index is 0.117. The van der Waals surface area contributed by atoms with Crippen molar-refractivity contribution in [2.75, 3.05) is 27.3 Å². The van der Waals surface area contributed by atoms with Crippen molar-refractivity contribution in [3.05, 3.63) is 21.9 Å². The summed E-state index contributed by atoms with van der Waals surface area (Å²) in [5.41, 5.74) is 0.361. The number of aliphatic carboxylic acids is 1. The van der Waals surface area contributed by atoms with E-state index in [1.54, 1.807) is 11.3 Å². The predicted molar refractivity (Wildman–Crippen MR) is 66.4 cm³/mol. The van der Waals surface area contributed by atoms with Crippen LogP contribution in [0.2, 0.25) is 0 Å². The van der Waals surface area contributed by atoms with Crippen molar-refractivity contribution in [2.24, 2.45) is 5.41 Å². The van der Waals surface area contributed by atoms with Crippen LogP contribution < -0.4 is 0 Å². The van der Waals surface area contributed by atoms with Crippen molar-refractivity contribution in [1.29, 1.82) is 0 Å². The van der Waals surface area contributed by atoms with E-state index in [-0.39, 0.29) is 6.04 Å². The third kappa shape index (κ3) is 1.88. The Morgan fingerprint density at radius 1 is 1.59 bits per heavy atom. The Morgan fingerprint density at radius 2 is 2.24 bits per heavy atom. The average molecular weight is 255 g/mol. The van der Waals surface area contributed by atoms with Crippen LogP contribution in [0.3, 0.4) is 0 Å². The van der Waals surface area contributed by atoms with Gasteiger partial charge in [0.05, 0.1) is 19.3 Å². The van der Waals surface area contributed by atoms with Crippen molar-refractivity contribution in [2.45, 2.75) is 13.0 Å². The summed E-state index contributed by atoms with van der Waals surface area (Å²) in [4.78, 5) is 14.7. The summed E-state index contributed by atoms with van der Waals surface area (Å²) in [7, 11) is 3.85. The minimum atomic E-state index is -0.793. The molecule has 17 heavy (non-hydrogen) atoms. The first-order valence-electron chi connectivity index (χ1n) is 5.50. The standard InChI is InChI=1S/C12H17NO3S/c1-8-4-5-17-9(8)10(13(2)3)12(11(14)15)6-16-7-12/h4-5,10H,6-7H2,1-3H3,(H,14,15). The summed E-state index contributed by atoms with van der Waals surface area (Å²) in [6.45, 7) is 2.61. The van der Waals surface area contributed by atoms with Crippen LogP contribution in [0.15, 0.2) is 11.4 Å². The Hall–Kier alpha value is -0.910. The van der Waals surface area contributed by atoms with Crippen LogP contribution in [0.25, 0.3) is 0 Å². The Morgan fingerprint density at radius 3 is 2.53 bits per heavy atom. The molecule has 0 bridgehead atoms. The summed E-state index contributed by atoms with van der Waals surface area (Å²) in [6.07, 6.45) is 0. The molecule has 2 rings (SSSR count). The van der Waals surface area contributed by atoms with Gasteiger partial charge in [-0.1, -0.05) is 0 Å². The van der Waals surface area contributed by atoms with Gasteiger partial charge in [0.2, 0.25) is 0 Å². The third-order valence-electron chi connectivity index (χ3n) is 3.34. The second-order valence-electron chi connectivity index (χ2n) is 4.79. The maximum atomic E-state index is 11.6. The molecule has 0 amide bonds. The molecule has 0 radical (unpaired) electrons. The normalized spacial score (nSPS) is 20.0. The van der Waals surface area contributed by atoms with Crippen LogP contribution in [0.4, 0.5) is 0 Å². The van der Waals surface area contributed by atoms with Crippen LogP contribution in [-0.4, -0.2) is 43.3 Å². The van der Waals surface area contributed by atoms with E-state index in [9.17, 15) is 9.90 Å². The zero-order valence-electron chi connectivity index (χ0n) is 10.3. The molecule has 1 saturated heterocycles. The van der Waals surface area contributed by atoms with Gasteiger partial charge in [-0.15, -0.1) is 11.3 Å². The fourth-order valence-corrected chi connectivity index (χ4v) is 3.60. The van der Waals surface area contributed by atoms with Crippen LogP contribution in [0.5, 0.6) is 0 Å². The number of hydrogen-bond acceptors (Lipinski definition) is 4. The molecule has 4 nitrogen and oxygen atoms in total. The molecule has 1 aromatic rings. The van der Waals surface area contributed by atoms with E-state index in [0.29, 0.717) is 13.2 Å².